The van der Waals surface area contributed by atoms with Crippen LogP contribution >= 0.6 is 0 Å². The van der Waals surface area contributed by atoms with Gasteiger partial charge >= 0.3 is 0 Å². The van der Waals surface area contributed by atoms with Crippen LogP contribution in [0.2, 0.25) is 0 Å². The number of benzene rings is 1. The van der Waals surface area contributed by atoms with E-state index in [4.69, 9.17) is 0 Å². The second-order valence-corrected chi connectivity index (χ2v) is 4.29. The summed E-state index contributed by atoms with van der Waals surface area (Å²) in [5, 5.41) is 7.96. The monoisotopic (exact) mass is 229 g/mol. The van der Waals surface area contributed by atoms with Gasteiger partial charge < -0.3 is 0 Å². The minimum Gasteiger partial charge on any atom is -0.296 e. The van der Waals surface area contributed by atoms with Crippen LogP contribution in [0, 0.1) is 6.92 Å². The lowest BCUT2D eigenvalue weighted by Gasteiger charge is -2.11. The lowest BCUT2D eigenvalue weighted by molar-refractivity contribution is 0.111. The van der Waals surface area contributed by atoms with Gasteiger partial charge in [-0.1, -0.05) is 29.5 Å². The molecular formula is C13H15N3O. The zero-order valence-electron chi connectivity index (χ0n) is 10.2. The molecule has 0 saturated heterocycles. The zero-order chi connectivity index (χ0) is 12.4. The SMILES string of the molecule is Cc1ccccc1-c1c(C=O)nnn1C(C)C. The van der Waals surface area contributed by atoms with Gasteiger partial charge in [0.25, 0.3) is 0 Å². The maximum atomic E-state index is 11.0. The quantitative estimate of drug-likeness (QED) is 0.760. The number of hydrogen-bond donors (Lipinski definition) is 0. The van der Waals surface area contributed by atoms with Crippen LogP contribution in [0.1, 0.15) is 35.9 Å². The van der Waals surface area contributed by atoms with Crippen molar-refractivity contribution in [2.45, 2.75) is 26.8 Å². The Bertz CT molecular complexity index is 543. The number of hydrogen-bond acceptors (Lipinski definition) is 3. The summed E-state index contributed by atoms with van der Waals surface area (Å²) in [6.45, 7) is 6.05. The molecule has 1 aromatic carbocycles. The van der Waals surface area contributed by atoms with E-state index >= 15 is 0 Å². The number of aryl methyl sites for hydroxylation is 1. The molecule has 0 amide bonds. The molecule has 1 aromatic heterocycles. The number of nitrogens with zero attached hydrogens (tertiary/aromatic N) is 3. The van der Waals surface area contributed by atoms with E-state index in [-0.39, 0.29) is 6.04 Å². The molecule has 0 aliphatic carbocycles. The standard InChI is InChI=1S/C13H15N3O/c1-9(2)16-13(12(8-17)14-15-16)11-7-5-4-6-10(11)3/h4-9H,1-3H3. The largest absolute Gasteiger partial charge is 0.296 e. The van der Waals surface area contributed by atoms with Crippen molar-refractivity contribution >= 4 is 6.29 Å². The fraction of sp³-hybridized carbons (Fsp3) is 0.308. The summed E-state index contributed by atoms with van der Waals surface area (Å²) < 4.78 is 1.78. The van der Waals surface area contributed by atoms with Crippen LogP contribution in [-0.2, 0) is 0 Å². The highest BCUT2D eigenvalue weighted by atomic mass is 16.1. The van der Waals surface area contributed by atoms with E-state index in [0.717, 1.165) is 23.1 Å². The van der Waals surface area contributed by atoms with Gasteiger partial charge in [0.05, 0.1) is 5.69 Å². The number of carbonyl (C=O) groups is 1. The fourth-order valence-electron chi connectivity index (χ4n) is 1.85. The first-order valence-electron chi connectivity index (χ1n) is 5.61. The Balaban J connectivity index is 2.69. The molecule has 2 rings (SSSR count). The Morgan fingerprint density at radius 3 is 2.59 bits per heavy atom. The van der Waals surface area contributed by atoms with E-state index in [9.17, 15) is 4.79 Å². The molecule has 2 aromatic rings. The molecule has 1 heterocycles. The van der Waals surface area contributed by atoms with E-state index in [1.54, 1.807) is 4.68 Å². The smallest absolute Gasteiger partial charge is 0.172 e. The third kappa shape index (κ3) is 1.98. The van der Waals surface area contributed by atoms with Crippen molar-refractivity contribution in [3.05, 3.63) is 35.5 Å². The van der Waals surface area contributed by atoms with Gasteiger partial charge in [-0.2, -0.15) is 0 Å². The second kappa shape index (κ2) is 4.49. The predicted octanol–water partition coefficient (Wildman–Crippen LogP) is 2.65. The van der Waals surface area contributed by atoms with E-state index in [1.165, 1.54) is 0 Å². The van der Waals surface area contributed by atoms with Gasteiger partial charge in [-0.3, -0.25) is 4.79 Å². The normalized spacial score (nSPS) is 10.8. The Hall–Kier alpha value is -1.97. The fourth-order valence-corrected chi connectivity index (χ4v) is 1.85. The Morgan fingerprint density at radius 2 is 2.00 bits per heavy atom. The van der Waals surface area contributed by atoms with Crippen LogP contribution in [0.15, 0.2) is 24.3 Å². The summed E-state index contributed by atoms with van der Waals surface area (Å²) in [5.74, 6) is 0. The third-order valence-electron chi connectivity index (χ3n) is 2.72. The first kappa shape index (κ1) is 11.5. The molecule has 0 aliphatic rings. The van der Waals surface area contributed by atoms with E-state index in [0.29, 0.717) is 5.69 Å². The van der Waals surface area contributed by atoms with Crippen LogP contribution in [0.4, 0.5) is 0 Å². The summed E-state index contributed by atoms with van der Waals surface area (Å²) in [6, 6.07) is 8.10. The molecule has 0 saturated carbocycles. The van der Waals surface area contributed by atoms with Gasteiger partial charge in [0, 0.05) is 11.6 Å². The van der Waals surface area contributed by atoms with Crippen LogP contribution in [-0.4, -0.2) is 21.3 Å². The van der Waals surface area contributed by atoms with Crippen LogP contribution in [0.25, 0.3) is 11.3 Å². The molecule has 4 heteroatoms. The topological polar surface area (TPSA) is 47.8 Å². The molecule has 4 nitrogen and oxygen atoms in total. The maximum absolute atomic E-state index is 11.0. The van der Waals surface area contributed by atoms with Gasteiger partial charge in [-0.25, -0.2) is 4.68 Å². The predicted molar refractivity (Wildman–Crippen MR) is 66.0 cm³/mol. The van der Waals surface area contributed by atoms with Crippen LogP contribution in [0.5, 0.6) is 0 Å². The molecule has 17 heavy (non-hydrogen) atoms. The van der Waals surface area contributed by atoms with E-state index in [1.807, 2.05) is 45.0 Å². The van der Waals surface area contributed by atoms with Crippen molar-refractivity contribution in [3.8, 4) is 11.3 Å². The van der Waals surface area contributed by atoms with Crippen molar-refractivity contribution in [2.75, 3.05) is 0 Å². The molecule has 0 bridgehead atoms. The van der Waals surface area contributed by atoms with Gasteiger partial charge in [-0.05, 0) is 26.3 Å². The second-order valence-electron chi connectivity index (χ2n) is 4.29. The highest BCUT2D eigenvalue weighted by molar-refractivity contribution is 5.84. The Kier molecular flexibility index (Phi) is 3.04. The minimum atomic E-state index is 0.172. The van der Waals surface area contributed by atoms with Gasteiger partial charge in [0.15, 0.2) is 12.0 Å². The van der Waals surface area contributed by atoms with Gasteiger partial charge in [-0.15, -0.1) is 5.10 Å². The Morgan fingerprint density at radius 1 is 1.29 bits per heavy atom. The van der Waals surface area contributed by atoms with Crippen LogP contribution in [0.3, 0.4) is 0 Å². The van der Waals surface area contributed by atoms with Gasteiger partial charge in [0.2, 0.25) is 0 Å². The summed E-state index contributed by atoms with van der Waals surface area (Å²) in [6.07, 6.45) is 0.758. The number of aromatic nitrogens is 3. The average Bonchev–Trinajstić information content (AvgIpc) is 2.73. The lowest BCUT2D eigenvalue weighted by atomic mass is 10.0. The molecule has 88 valence electrons. The summed E-state index contributed by atoms with van der Waals surface area (Å²) in [5.41, 5.74) is 3.31. The van der Waals surface area contributed by atoms with Gasteiger partial charge in [0.1, 0.15) is 0 Å². The minimum absolute atomic E-state index is 0.172. The van der Waals surface area contributed by atoms with E-state index < -0.39 is 0 Å². The summed E-state index contributed by atoms with van der Waals surface area (Å²) in [4.78, 5) is 11.0. The summed E-state index contributed by atoms with van der Waals surface area (Å²) in [7, 11) is 0. The Labute approximate surface area is 100 Å². The number of aldehydes is 1. The van der Waals surface area contributed by atoms with Crippen LogP contribution < -0.4 is 0 Å². The molecule has 0 unspecified atom stereocenters. The molecule has 0 fully saturated rings. The molecule has 0 N–H and O–H groups in total. The highest BCUT2D eigenvalue weighted by Gasteiger charge is 2.17. The first-order chi connectivity index (χ1) is 8.15. The molecule has 0 aliphatic heterocycles. The van der Waals surface area contributed by atoms with Crippen molar-refractivity contribution in [3.63, 3.8) is 0 Å². The molecular weight excluding hydrogens is 214 g/mol. The van der Waals surface area contributed by atoms with Crippen molar-refractivity contribution < 1.29 is 4.79 Å². The number of carbonyl (C=O) groups excluding carboxylic acids is 1. The van der Waals surface area contributed by atoms with Crippen molar-refractivity contribution in [2.24, 2.45) is 0 Å². The third-order valence-corrected chi connectivity index (χ3v) is 2.72. The average molecular weight is 229 g/mol. The molecule has 0 radical (unpaired) electrons. The van der Waals surface area contributed by atoms with Crippen molar-refractivity contribution in [1.29, 1.82) is 0 Å². The highest BCUT2D eigenvalue weighted by Crippen LogP contribution is 2.26. The van der Waals surface area contributed by atoms with E-state index in [2.05, 4.69) is 10.3 Å². The maximum Gasteiger partial charge on any atom is 0.172 e. The lowest BCUT2D eigenvalue weighted by Crippen LogP contribution is -2.06. The number of rotatable bonds is 3. The molecule has 0 atom stereocenters. The first-order valence-corrected chi connectivity index (χ1v) is 5.61. The van der Waals surface area contributed by atoms with Crippen molar-refractivity contribution in [1.82, 2.24) is 15.0 Å². The summed E-state index contributed by atoms with van der Waals surface area (Å²) >= 11 is 0. The zero-order valence-corrected chi connectivity index (χ0v) is 10.2. The molecule has 0 spiro atoms.